The molecule has 28 heavy (non-hydrogen) atoms. The summed E-state index contributed by atoms with van der Waals surface area (Å²) in [6.07, 6.45) is -1.17. The smallest absolute Gasteiger partial charge is 0.270 e. The Balaban J connectivity index is 1.90. The van der Waals surface area contributed by atoms with Crippen molar-refractivity contribution in [2.24, 2.45) is 0 Å². The van der Waals surface area contributed by atoms with Crippen LogP contribution in [-0.4, -0.2) is 21.7 Å². The van der Waals surface area contributed by atoms with Gasteiger partial charge in [-0.2, -0.15) is 0 Å². The molecule has 1 saturated heterocycles. The first-order valence-electron chi connectivity index (χ1n) is 8.16. The number of carbonyl (C=O) groups is 1. The zero-order chi connectivity index (χ0) is 20.8. The van der Waals surface area contributed by atoms with E-state index in [0.29, 0.717) is 0 Å². The molecule has 1 aliphatic heterocycles. The van der Waals surface area contributed by atoms with E-state index in [1.807, 2.05) is 0 Å². The number of ketones is 1. The summed E-state index contributed by atoms with van der Waals surface area (Å²) >= 11 is 0. The van der Waals surface area contributed by atoms with Gasteiger partial charge >= 0.3 is 0 Å². The Labute approximate surface area is 157 Å². The van der Waals surface area contributed by atoms with Crippen molar-refractivity contribution >= 4 is 17.2 Å². The topological polar surface area (TPSA) is 116 Å². The molecular weight excluding hydrogens is 378 g/mol. The molecule has 8 nitrogen and oxygen atoms in total. The van der Waals surface area contributed by atoms with Gasteiger partial charge in [-0.25, -0.2) is 8.78 Å². The van der Waals surface area contributed by atoms with E-state index in [-0.39, 0.29) is 22.5 Å². The fourth-order valence-electron chi connectivity index (χ4n) is 3.11. The van der Waals surface area contributed by atoms with Crippen LogP contribution in [0.15, 0.2) is 36.4 Å². The summed E-state index contributed by atoms with van der Waals surface area (Å²) in [6.45, 7) is 2.75. The first-order chi connectivity index (χ1) is 13.1. The molecule has 0 aromatic heterocycles. The molecular formula is C18H14F2N2O6. The zero-order valence-corrected chi connectivity index (χ0v) is 14.7. The Bertz CT molecular complexity index is 1010. The van der Waals surface area contributed by atoms with Gasteiger partial charge in [-0.05, 0) is 19.1 Å². The number of halogens is 2. The van der Waals surface area contributed by atoms with Gasteiger partial charge in [0.2, 0.25) is 0 Å². The molecule has 0 aliphatic carbocycles. The zero-order valence-electron chi connectivity index (χ0n) is 14.7. The van der Waals surface area contributed by atoms with Gasteiger partial charge in [0.05, 0.1) is 9.85 Å². The normalized spacial score (nSPS) is 21.8. The maximum absolute atomic E-state index is 14.2. The molecule has 0 spiro atoms. The maximum atomic E-state index is 14.2. The number of nitro groups is 2. The van der Waals surface area contributed by atoms with E-state index in [0.717, 1.165) is 36.4 Å². The van der Waals surface area contributed by atoms with E-state index in [9.17, 15) is 33.8 Å². The third kappa shape index (κ3) is 3.22. The number of Topliss-reactive ketones (excluding diaryl/α,β-unsaturated/α-hetero) is 1. The Morgan fingerprint density at radius 2 is 1.61 bits per heavy atom. The number of nitrogens with zero attached hydrogens (tertiary/aromatic N) is 2. The van der Waals surface area contributed by atoms with Crippen LogP contribution >= 0.6 is 0 Å². The molecule has 0 bridgehead atoms. The lowest BCUT2D eigenvalue weighted by Crippen LogP contribution is -2.22. The number of rotatable bonds is 6. The van der Waals surface area contributed by atoms with Gasteiger partial charge in [-0.15, -0.1) is 0 Å². The number of carbonyl (C=O) groups excluding carboxylic acids is 1. The fraction of sp³-hybridized carbons (Fsp3) is 0.278. The highest BCUT2D eigenvalue weighted by molar-refractivity contribution is 5.93. The van der Waals surface area contributed by atoms with E-state index in [1.54, 1.807) is 0 Å². The van der Waals surface area contributed by atoms with E-state index in [4.69, 9.17) is 4.74 Å². The minimum Gasteiger partial charge on any atom is -0.353 e. The number of non-ortho nitro benzene ring substituents is 2. The van der Waals surface area contributed by atoms with Crippen molar-refractivity contribution in [1.29, 1.82) is 0 Å². The van der Waals surface area contributed by atoms with Crippen LogP contribution in [0.5, 0.6) is 0 Å². The predicted octanol–water partition coefficient (Wildman–Crippen LogP) is 3.77. The maximum Gasteiger partial charge on any atom is 0.270 e. The molecule has 146 valence electrons. The van der Waals surface area contributed by atoms with Crippen molar-refractivity contribution in [3.8, 4) is 0 Å². The molecule has 0 saturated carbocycles. The first-order valence-corrected chi connectivity index (χ1v) is 8.16. The molecule has 2 aromatic rings. The Morgan fingerprint density at radius 3 is 2.18 bits per heavy atom. The van der Waals surface area contributed by atoms with E-state index in [1.165, 1.54) is 13.8 Å². The Morgan fingerprint density at radius 1 is 1.07 bits per heavy atom. The average Bonchev–Trinajstić information content (AvgIpc) is 3.33. The third-order valence-electron chi connectivity index (χ3n) is 4.84. The van der Waals surface area contributed by atoms with Gasteiger partial charge in [-0.1, -0.05) is 6.92 Å². The lowest BCUT2D eigenvalue weighted by Gasteiger charge is -2.12. The number of ether oxygens (including phenoxy) is 1. The summed E-state index contributed by atoms with van der Waals surface area (Å²) in [5, 5.41) is 21.8. The molecule has 2 aromatic carbocycles. The summed E-state index contributed by atoms with van der Waals surface area (Å²) < 4.78 is 33.6. The quantitative estimate of drug-likeness (QED) is 0.420. The molecule has 10 heteroatoms. The number of benzene rings is 2. The van der Waals surface area contributed by atoms with Gasteiger partial charge in [0, 0.05) is 41.3 Å². The minimum absolute atomic E-state index is 0.160. The summed E-state index contributed by atoms with van der Waals surface area (Å²) in [5.74, 6) is -3.30. The summed E-state index contributed by atoms with van der Waals surface area (Å²) in [7, 11) is 0. The van der Waals surface area contributed by atoms with Gasteiger partial charge in [-0.3, -0.25) is 25.0 Å². The molecule has 0 amide bonds. The van der Waals surface area contributed by atoms with Gasteiger partial charge in [0.1, 0.15) is 17.2 Å². The van der Waals surface area contributed by atoms with Gasteiger partial charge in [0.25, 0.3) is 11.4 Å². The Hall–Kier alpha value is -3.27. The number of hydrogen-bond donors (Lipinski definition) is 0. The monoisotopic (exact) mass is 392 g/mol. The molecule has 1 fully saturated rings. The van der Waals surface area contributed by atoms with Crippen LogP contribution in [0.25, 0.3) is 0 Å². The largest absolute Gasteiger partial charge is 0.353 e. The van der Waals surface area contributed by atoms with Crippen molar-refractivity contribution < 1.29 is 28.2 Å². The molecule has 0 N–H and O–H groups in total. The third-order valence-corrected chi connectivity index (χ3v) is 4.84. The van der Waals surface area contributed by atoms with Crippen molar-refractivity contribution in [3.63, 3.8) is 0 Å². The van der Waals surface area contributed by atoms with E-state index in [2.05, 4.69) is 0 Å². The van der Waals surface area contributed by atoms with Crippen LogP contribution in [0.1, 0.15) is 30.9 Å². The number of hydrogen-bond acceptors (Lipinski definition) is 6. The van der Waals surface area contributed by atoms with Crippen molar-refractivity contribution in [3.05, 3.63) is 79.4 Å². The Kier molecular flexibility index (Phi) is 4.67. The first kappa shape index (κ1) is 19.5. The molecule has 0 radical (unpaired) electrons. The molecule has 1 aliphatic rings. The lowest BCUT2D eigenvalue weighted by molar-refractivity contribution is -0.385. The number of nitro benzene ring substituents is 2. The van der Waals surface area contributed by atoms with Crippen LogP contribution in [0.2, 0.25) is 0 Å². The van der Waals surface area contributed by atoms with Gasteiger partial charge in [0.15, 0.2) is 11.9 Å². The van der Waals surface area contributed by atoms with Crippen LogP contribution in [0, 0.1) is 31.9 Å². The second-order valence-electron chi connectivity index (χ2n) is 6.61. The second-order valence-corrected chi connectivity index (χ2v) is 6.61. The number of epoxide rings is 1. The summed E-state index contributed by atoms with van der Waals surface area (Å²) in [6, 6.07) is 5.72. The molecule has 3 rings (SSSR count). The van der Waals surface area contributed by atoms with Crippen LogP contribution < -0.4 is 0 Å². The second kappa shape index (κ2) is 6.71. The van der Waals surface area contributed by atoms with Crippen molar-refractivity contribution in [2.75, 3.05) is 0 Å². The molecule has 3 unspecified atom stereocenters. The molecule has 3 atom stereocenters. The lowest BCUT2D eigenvalue weighted by atomic mass is 9.87. The van der Waals surface area contributed by atoms with Crippen LogP contribution in [0.4, 0.5) is 20.2 Å². The van der Waals surface area contributed by atoms with Crippen LogP contribution in [-0.2, 0) is 15.1 Å². The van der Waals surface area contributed by atoms with Crippen molar-refractivity contribution in [1.82, 2.24) is 0 Å². The van der Waals surface area contributed by atoms with E-state index >= 15 is 0 Å². The average molecular weight is 392 g/mol. The van der Waals surface area contributed by atoms with Gasteiger partial charge < -0.3 is 4.74 Å². The summed E-state index contributed by atoms with van der Waals surface area (Å²) in [5.41, 5.74) is -2.53. The van der Waals surface area contributed by atoms with E-state index < -0.39 is 44.9 Å². The highest BCUT2D eigenvalue weighted by Gasteiger charge is 2.60. The van der Waals surface area contributed by atoms with Crippen LogP contribution in [0.3, 0.4) is 0 Å². The minimum atomic E-state index is -1.45. The molecule has 1 heterocycles. The predicted molar refractivity (Wildman–Crippen MR) is 91.8 cm³/mol. The van der Waals surface area contributed by atoms with Crippen molar-refractivity contribution in [2.45, 2.75) is 31.5 Å². The highest BCUT2D eigenvalue weighted by Crippen LogP contribution is 2.49. The SMILES string of the molecule is CC(C(=O)C1OC1(C)c1cc([N+](=O)[O-])ccc1F)c1cc([N+](=O)[O-])ccc1F. The standard InChI is InChI=1S/C18H14F2N2O6/c1-9(12-7-10(21(24)25)3-5-14(12)19)16(23)17-18(2,28-17)13-8-11(22(26)27)4-6-15(13)20/h3-9,17H,1-2H3. The summed E-state index contributed by atoms with van der Waals surface area (Å²) in [4.78, 5) is 33.1. The highest BCUT2D eigenvalue weighted by atomic mass is 19.1. The fourth-order valence-corrected chi connectivity index (χ4v) is 3.11.